The molecule has 7 nitrogen and oxygen atoms in total. The zero-order valence-electron chi connectivity index (χ0n) is 15.7. The number of methoxy groups -OCH3 is 1. The fourth-order valence-electron chi connectivity index (χ4n) is 3.37. The average Bonchev–Trinajstić information content (AvgIpc) is 3.05. The third-order valence-electron chi connectivity index (χ3n) is 4.97. The van der Waals surface area contributed by atoms with Crippen LogP contribution in [0.4, 0.5) is 0 Å². The highest BCUT2D eigenvalue weighted by molar-refractivity contribution is 5.93. The van der Waals surface area contributed by atoms with E-state index in [9.17, 15) is 4.79 Å². The third kappa shape index (κ3) is 4.04. The van der Waals surface area contributed by atoms with Crippen molar-refractivity contribution in [3.63, 3.8) is 0 Å². The second kappa shape index (κ2) is 8.31. The van der Waals surface area contributed by atoms with Crippen LogP contribution < -0.4 is 15.4 Å². The number of piperidine rings is 1. The molecule has 1 amide bonds. The summed E-state index contributed by atoms with van der Waals surface area (Å²) in [5.41, 5.74) is 3.49. The fraction of sp³-hybridized carbons (Fsp3) is 0.526. The zero-order valence-corrected chi connectivity index (χ0v) is 15.7. The number of benzene rings is 1. The number of amides is 1. The molecular weight excluding hydrogens is 330 g/mol. The van der Waals surface area contributed by atoms with Crippen molar-refractivity contribution in [2.75, 3.05) is 26.7 Å². The monoisotopic (exact) mass is 357 g/mol. The van der Waals surface area contributed by atoms with E-state index >= 15 is 0 Å². The van der Waals surface area contributed by atoms with Gasteiger partial charge in [-0.1, -0.05) is 17.3 Å². The lowest BCUT2D eigenvalue weighted by atomic mass is 10.1. The Morgan fingerprint density at radius 1 is 1.35 bits per heavy atom. The highest BCUT2D eigenvalue weighted by Crippen LogP contribution is 2.21. The van der Waals surface area contributed by atoms with Gasteiger partial charge in [-0.15, -0.1) is 5.10 Å². The van der Waals surface area contributed by atoms with Crippen molar-refractivity contribution in [3.8, 4) is 5.75 Å². The standard InChI is InChI=1S/C19H27N5O2/c1-13-4-5-15(12-17(13)26-3)6-11-21-19(25)18-14(2)24(23-22-18)16-7-9-20-10-8-16/h4-5,12,16,20H,6-11H2,1-3H3,(H,21,25). The molecule has 0 atom stereocenters. The number of aryl methyl sites for hydroxylation is 1. The van der Waals surface area contributed by atoms with Crippen molar-refractivity contribution in [2.24, 2.45) is 0 Å². The number of rotatable bonds is 6. The van der Waals surface area contributed by atoms with E-state index < -0.39 is 0 Å². The van der Waals surface area contributed by atoms with Gasteiger partial charge in [0.1, 0.15) is 5.75 Å². The molecular formula is C19H27N5O2. The predicted molar refractivity (Wildman–Crippen MR) is 99.7 cm³/mol. The molecule has 0 bridgehead atoms. The van der Waals surface area contributed by atoms with E-state index in [1.165, 1.54) is 0 Å². The molecule has 1 aliphatic heterocycles. The maximum absolute atomic E-state index is 12.5. The van der Waals surface area contributed by atoms with Crippen molar-refractivity contribution in [1.82, 2.24) is 25.6 Å². The lowest BCUT2D eigenvalue weighted by Crippen LogP contribution is -2.30. The van der Waals surface area contributed by atoms with Gasteiger partial charge in [0.15, 0.2) is 5.69 Å². The largest absolute Gasteiger partial charge is 0.496 e. The number of hydrogen-bond acceptors (Lipinski definition) is 5. The van der Waals surface area contributed by atoms with Crippen LogP contribution in [0.2, 0.25) is 0 Å². The molecule has 2 N–H and O–H groups in total. The van der Waals surface area contributed by atoms with Crippen molar-refractivity contribution >= 4 is 5.91 Å². The van der Waals surface area contributed by atoms with Crippen molar-refractivity contribution in [1.29, 1.82) is 0 Å². The molecule has 1 aromatic carbocycles. The maximum Gasteiger partial charge on any atom is 0.273 e. The van der Waals surface area contributed by atoms with Gasteiger partial charge in [-0.3, -0.25) is 4.79 Å². The van der Waals surface area contributed by atoms with E-state index in [-0.39, 0.29) is 5.91 Å². The van der Waals surface area contributed by atoms with Crippen LogP contribution >= 0.6 is 0 Å². The number of nitrogens with one attached hydrogen (secondary N) is 2. The second-order valence-electron chi connectivity index (χ2n) is 6.76. The van der Waals surface area contributed by atoms with E-state index in [1.54, 1.807) is 7.11 Å². The first-order valence-corrected chi connectivity index (χ1v) is 9.14. The van der Waals surface area contributed by atoms with Gasteiger partial charge in [0.25, 0.3) is 5.91 Å². The second-order valence-corrected chi connectivity index (χ2v) is 6.76. The average molecular weight is 357 g/mol. The maximum atomic E-state index is 12.5. The molecule has 1 saturated heterocycles. The molecule has 0 spiro atoms. The number of ether oxygens (including phenoxy) is 1. The molecule has 1 fully saturated rings. The van der Waals surface area contributed by atoms with Crippen LogP contribution in [0.15, 0.2) is 18.2 Å². The van der Waals surface area contributed by atoms with Gasteiger partial charge in [-0.2, -0.15) is 0 Å². The van der Waals surface area contributed by atoms with E-state index in [0.29, 0.717) is 18.3 Å². The molecule has 7 heteroatoms. The van der Waals surface area contributed by atoms with Crippen LogP contribution in [0.5, 0.6) is 5.75 Å². The molecule has 0 radical (unpaired) electrons. The summed E-state index contributed by atoms with van der Waals surface area (Å²) in [6.07, 6.45) is 2.77. The zero-order chi connectivity index (χ0) is 18.5. The molecule has 140 valence electrons. The molecule has 26 heavy (non-hydrogen) atoms. The Balaban J connectivity index is 1.57. The van der Waals surface area contributed by atoms with E-state index in [4.69, 9.17) is 4.74 Å². The molecule has 1 aromatic heterocycles. The first kappa shape index (κ1) is 18.4. The van der Waals surface area contributed by atoms with Crippen molar-refractivity contribution in [3.05, 3.63) is 40.7 Å². The van der Waals surface area contributed by atoms with Gasteiger partial charge in [-0.25, -0.2) is 4.68 Å². The Bertz CT molecular complexity index is 765. The quantitative estimate of drug-likeness (QED) is 0.824. The van der Waals surface area contributed by atoms with Gasteiger partial charge in [-0.05, 0) is 63.4 Å². The topological polar surface area (TPSA) is 81.1 Å². The lowest BCUT2D eigenvalue weighted by Gasteiger charge is -2.23. The number of hydrogen-bond donors (Lipinski definition) is 2. The van der Waals surface area contributed by atoms with Gasteiger partial charge >= 0.3 is 0 Å². The Hall–Kier alpha value is -2.41. The molecule has 2 heterocycles. The van der Waals surface area contributed by atoms with Crippen molar-refractivity contribution in [2.45, 2.75) is 39.2 Å². The van der Waals surface area contributed by atoms with Crippen LogP contribution in [0.3, 0.4) is 0 Å². The number of aromatic nitrogens is 3. The molecule has 0 saturated carbocycles. The molecule has 0 aliphatic carbocycles. The number of nitrogens with zero attached hydrogens (tertiary/aromatic N) is 3. The molecule has 3 rings (SSSR count). The summed E-state index contributed by atoms with van der Waals surface area (Å²) < 4.78 is 7.25. The summed E-state index contributed by atoms with van der Waals surface area (Å²) >= 11 is 0. The van der Waals surface area contributed by atoms with Crippen LogP contribution in [0.1, 0.15) is 46.2 Å². The van der Waals surface area contributed by atoms with E-state index in [0.717, 1.165) is 54.9 Å². The van der Waals surface area contributed by atoms with Gasteiger partial charge < -0.3 is 15.4 Å². The first-order chi connectivity index (χ1) is 12.6. The minimum Gasteiger partial charge on any atom is -0.496 e. The predicted octanol–water partition coefficient (Wildman–Crippen LogP) is 1.80. The van der Waals surface area contributed by atoms with Crippen LogP contribution in [0, 0.1) is 13.8 Å². The minimum atomic E-state index is -0.165. The van der Waals surface area contributed by atoms with Crippen molar-refractivity contribution < 1.29 is 9.53 Å². The fourth-order valence-corrected chi connectivity index (χ4v) is 3.37. The Kier molecular flexibility index (Phi) is 5.88. The van der Waals surface area contributed by atoms with Gasteiger partial charge in [0.2, 0.25) is 0 Å². The number of carbonyl (C=O) groups excluding carboxylic acids is 1. The molecule has 2 aromatic rings. The summed E-state index contributed by atoms with van der Waals surface area (Å²) in [6, 6.07) is 6.43. The first-order valence-electron chi connectivity index (χ1n) is 9.14. The summed E-state index contributed by atoms with van der Waals surface area (Å²) in [6.45, 7) is 6.43. The summed E-state index contributed by atoms with van der Waals surface area (Å²) in [5.74, 6) is 0.705. The Morgan fingerprint density at radius 2 is 2.12 bits per heavy atom. The normalized spacial score (nSPS) is 15.0. The Labute approximate surface area is 154 Å². The summed E-state index contributed by atoms with van der Waals surface area (Å²) in [4.78, 5) is 12.5. The smallest absolute Gasteiger partial charge is 0.273 e. The summed E-state index contributed by atoms with van der Waals surface area (Å²) in [5, 5.41) is 14.6. The lowest BCUT2D eigenvalue weighted by molar-refractivity contribution is 0.0948. The van der Waals surface area contributed by atoms with Crippen LogP contribution in [-0.2, 0) is 6.42 Å². The van der Waals surface area contributed by atoms with E-state index in [1.807, 2.05) is 30.7 Å². The van der Waals surface area contributed by atoms with Gasteiger partial charge in [0, 0.05) is 6.54 Å². The number of carbonyl (C=O) groups is 1. The minimum absolute atomic E-state index is 0.165. The molecule has 1 aliphatic rings. The molecule has 0 unspecified atom stereocenters. The highest BCUT2D eigenvalue weighted by atomic mass is 16.5. The van der Waals surface area contributed by atoms with Gasteiger partial charge in [0.05, 0.1) is 18.8 Å². The van der Waals surface area contributed by atoms with Crippen LogP contribution in [0.25, 0.3) is 0 Å². The summed E-state index contributed by atoms with van der Waals surface area (Å²) in [7, 11) is 1.67. The van der Waals surface area contributed by atoms with Crippen LogP contribution in [-0.4, -0.2) is 47.6 Å². The highest BCUT2D eigenvalue weighted by Gasteiger charge is 2.22. The SMILES string of the molecule is COc1cc(CCNC(=O)c2nnn(C3CCNCC3)c2C)ccc1C. The Morgan fingerprint density at radius 3 is 2.85 bits per heavy atom. The van der Waals surface area contributed by atoms with E-state index in [2.05, 4.69) is 27.0 Å². The third-order valence-corrected chi connectivity index (χ3v) is 4.97.